The first kappa shape index (κ1) is 21.7. The number of ether oxygens (including phenoxy) is 1. The van der Waals surface area contributed by atoms with Gasteiger partial charge in [-0.15, -0.1) is 0 Å². The van der Waals surface area contributed by atoms with Crippen molar-refractivity contribution in [1.82, 2.24) is 15.5 Å². The summed E-state index contributed by atoms with van der Waals surface area (Å²) in [4.78, 5) is 7.39. The minimum atomic E-state index is 0.320. The Hall–Kier alpha value is -1.59. The minimum absolute atomic E-state index is 0.320. The molecule has 0 aliphatic carbocycles. The Balaban J connectivity index is 1.83. The molecule has 0 saturated carbocycles. The largest absolute Gasteiger partial charge is 0.383 e. The third kappa shape index (κ3) is 7.51. The molecule has 2 N–H and O–H groups in total. The van der Waals surface area contributed by atoms with Gasteiger partial charge in [0.1, 0.15) is 0 Å². The van der Waals surface area contributed by atoms with Crippen LogP contribution in [0, 0.1) is 5.92 Å². The molecule has 0 aromatic heterocycles. The van der Waals surface area contributed by atoms with Crippen molar-refractivity contribution in [3.63, 3.8) is 0 Å². The second-order valence-corrected chi connectivity index (χ2v) is 7.63. The number of hydrogen-bond donors (Lipinski definition) is 2. The molecule has 0 spiro atoms. The van der Waals surface area contributed by atoms with E-state index in [1.54, 1.807) is 7.11 Å². The highest BCUT2D eigenvalue weighted by atomic mass is 16.5. The third-order valence-electron chi connectivity index (χ3n) is 5.61. The maximum atomic E-state index is 5.19. The van der Waals surface area contributed by atoms with Gasteiger partial charge in [0.05, 0.1) is 6.61 Å². The van der Waals surface area contributed by atoms with Crippen molar-refractivity contribution >= 4 is 5.96 Å². The standard InChI is InChI=1S/C22H38N4O/c1-5-23-22(25-19(3)18(2)21-9-7-6-8-10-21)24-17-20-11-13-26(14-12-20)15-16-27-4/h6-10,18-20H,5,11-17H2,1-4H3,(H2,23,24,25). The van der Waals surface area contributed by atoms with Gasteiger partial charge >= 0.3 is 0 Å². The van der Waals surface area contributed by atoms with E-state index in [2.05, 4.69) is 66.6 Å². The number of guanidine groups is 1. The van der Waals surface area contributed by atoms with Crippen molar-refractivity contribution in [3.8, 4) is 0 Å². The Bertz CT molecular complexity index is 541. The average Bonchev–Trinajstić information content (AvgIpc) is 2.71. The molecule has 1 aliphatic heterocycles. The molecule has 152 valence electrons. The fourth-order valence-electron chi connectivity index (χ4n) is 3.54. The van der Waals surface area contributed by atoms with E-state index in [1.807, 2.05) is 0 Å². The fraction of sp³-hybridized carbons (Fsp3) is 0.682. The van der Waals surface area contributed by atoms with E-state index in [0.717, 1.165) is 45.3 Å². The van der Waals surface area contributed by atoms with Crippen molar-refractivity contribution in [2.45, 2.75) is 45.6 Å². The first-order chi connectivity index (χ1) is 13.1. The normalized spacial score (nSPS) is 18.9. The molecule has 5 heteroatoms. The average molecular weight is 375 g/mol. The summed E-state index contributed by atoms with van der Waals surface area (Å²) in [6, 6.07) is 11.0. The van der Waals surface area contributed by atoms with Crippen molar-refractivity contribution in [2.24, 2.45) is 10.9 Å². The second kappa shape index (κ2) is 12.0. The summed E-state index contributed by atoms with van der Waals surface area (Å²) in [5, 5.41) is 7.01. The van der Waals surface area contributed by atoms with Crippen LogP contribution < -0.4 is 10.6 Å². The summed E-state index contributed by atoms with van der Waals surface area (Å²) < 4.78 is 5.19. The van der Waals surface area contributed by atoms with Gasteiger partial charge in [-0.05, 0) is 51.3 Å². The van der Waals surface area contributed by atoms with Crippen LogP contribution in [0.2, 0.25) is 0 Å². The molecular weight excluding hydrogens is 336 g/mol. The van der Waals surface area contributed by atoms with Gasteiger partial charge in [0.15, 0.2) is 5.96 Å². The maximum absolute atomic E-state index is 5.19. The lowest BCUT2D eigenvalue weighted by Crippen LogP contribution is -2.44. The maximum Gasteiger partial charge on any atom is 0.191 e. The van der Waals surface area contributed by atoms with E-state index in [4.69, 9.17) is 9.73 Å². The third-order valence-corrected chi connectivity index (χ3v) is 5.61. The van der Waals surface area contributed by atoms with Crippen LogP contribution in [0.4, 0.5) is 0 Å². The molecule has 2 atom stereocenters. The number of aliphatic imine (C=N–C) groups is 1. The first-order valence-electron chi connectivity index (χ1n) is 10.4. The predicted octanol–water partition coefficient (Wildman–Crippen LogP) is 3.09. The van der Waals surface area contributed by atoms with E-state index < -0.39 is 0 Å². The van der Waals surface area contributed by atoms with Gasteiger partial charge in [-0.25, -0.2) is 0 Å². The van der Waals surface area contributed by atoms with Crippen molar-refractivity contribution in [2.75, 3.05) is 46.4 Å². The molecule has 1 saturated heterocycles. The smallest absolute Gasteiger partial charge is 0.191 e. The van der Waals surface area contributed by atoms with Crippen LogP contribution in [0.15, 0.2) is 35.3 Å². The molecule has 1 aromatic carbocycles. The number of likely N-dealkylation sites (tertiary alicyclic amines) is 1. The topological polar surface area (TPSA) is 48.9 Å². The zero-order valence-corrected chi connectivity index (χ0v) is 17.6. The molecule has 1 fully saturated rings. The Kier molecular flexibility index (Phi) is 9.64. The predicted molar refractivity (Wildman–Crippen MR) is 114 cm³/mol. The van der Waals surface area contributed by atoms with Gasteiger partial charge in [0.2, 0.25) is 0 Å². The lowest BCUT2D eigenvalue weighted by Gasteiger charge is -2.31. The number of rotatable bonds is 9. The van der Waals surface area contributed by atoms with Crippen LogP contribution in [-0.2, 0) is 4.74 Å². The first-order valence-corrected chi connectivity index (χ1v) is 10.4. The number of nitrogens with one attached hydrogen (secondary N) is 2. The van der Waals surface area contributed by atoms with Gasteiger partial charge < -0.3 is 20.3 Å². The number of nitrogens with zero attached hydrogens (tertiary/aromatic N) is 2. The van der Waals surface area contributed by atoms with Gasteiger partial charge in [0.25, 0.3) is 0 Å². The van der Waals surface area contributed by atoms with Crippen LogP contribution >= 0.6 is 0 Å². The Morgan fingerprint density at radius 2 is 1.93 bits per heavy atom. The van der Waals surface area contributed by atoms with Crippen molar-refractivity contribution in [1.29, 1.82) is 0 Å². The van der Waals surface area contributed by atoms with Crippen LogP contribution in [0.5, 0.6) is 0 Å². The molecule has 2 rings (SSSR count). The summed E-state index contributed by atoms with van der Waals surface area (Å²) >= 11 is 0. The SMILES string of the molecule is CCNC(=NCC1CCN(CCOC)CC1)NC(C)C(C)c1ccccc1. The highest BCUT2D eigenvalue weighted by Crippen LogP contribution is 2.19. The Morgan fingerprint density at radius 1 is 1.22 bits per heavy atom. The van der Waals surface area contributed by atoms with Crippen LogP contribution in [0.3, 0.4) is 0 Å². The van der Waals surface area contributed by atoms with E-state index >= 15 is 0 Å². The lowest BCUT2D eigenvalue weighted by molar-refractivity contribution is 0.121. The zero-order chi connectivity index (χ0) is 19.5. The van der Waals surface area contributed by atoms with Gasteiger partial charge in [-0.1, -0.05) is 37.3 Å². The fourth-order valence-corrected chi connectivity index (χ4v) is 3.54. The molecule has 1 heterocycles. The number of piperidine rings is 1. The summed E-state index contributed by atoms with van der Waals surface area (Å²) in [5.41, 5.74) is 1.36. The summed E-state index contributed by atoms with van der Waals surface area (Å²) in [6.45, 7) is 12.6. The number of methoxy groups -OCH3 is 1. The Labute approximate surface area is 165 Å². The van der Waals surface area contributed by atoms with Crippen LogP contribution in [-0.4, -0.2) is 63.3 Å². The molecule has 0 amide bonds. The molecule has 0 bridgehead atoms. The van der Waals surface area contributed by atoms with Gasteiger partial charge in [-0.2, -0.15) is 0 Å². The molecule has 1 aromatic rings. The van der Waals surface area contributed by atoms with E-state index in [0.29, 0.717) is 17.9 Å². The molecule has 5 nitrogen and oxygen atoms in total. The van der Waals surface area contributed by atoms with E-state index in [9.17, 15) is 0 Å². The van der Waals surface area contributed by atoms with Crippen LogP contribution in [0.1, 0.15) is 45.1 Å². The molecular formula is C22H38N4O. The Morgan fingerprint density at radius 3 is 2.56 bits per heavy atom. The summed E-state index contributed by atoms with van der Waals surface area (Å²) in [7, 11) is 1.77. The van der Waals surface area contributed by atoms with Gasteiger partial charge in [0, 0.05) is 38.7 Å². The van der Waals surface area contributed by atoms with Gasteiger partial charge in [-0.3, -0.25) is 4.99 Å². The summed E-state index contributed by atoms with van der Waals surface area (Å²) in [6.07, 6.45) is 2.45. The van der Waals surface area contributed by atoms with Crippen LogP contribution in [0.25, 0.3) is 0 Å². The number of hydrogen-bond acceptors (Lipinski definition) is 3. The summed E-state index contributed by atoms with van der Waals surface area (Å²) in [5.74, 6) is 2.05. The van der Waals surface area contributed by atoms with Crippen molar-refractivity contribution < 1.29 is 4.74 Å². The monoisotopic (exact) mass is 374 g/mol. The second-order valence-electron chi connectivity index (χ2n) is 7.63. The molecule has 27 heavy (non-hydrogen) atoms. The molecule has 0 radical (unpaired) electrons. The number of benzene rings is 1. The highest BCUT2D eigenvalue weighted by molar-refractivity contribution is 5.80. The minimum Gasteiger partial charge on any atom is -0.383 e. The van der Waals surface area contributed by atoms with E-state index in [1.165, 1.54) is 18.4 Å². The van der Waals surface area contributed by atoms with E-state index in [-0.39, 0.29) is 0 Å². The zero-order valence-electron chi connectivity index (χ0n) is 17.6. The quantitative estimate of drug-likeness (QED) is 0.515. The molecule has 1 aliphatic rings. The van der Waals surface area contributed by atoms with Crippen molar-refractivity contribution in [3.05, 3.63) is 35.9 Å². The lowest BCUT2D eigenvalue weighted by atomic mass is 9.94. The molecule has 2 unspecified atom stereocenters. The highest BCUT2D eigenvalue weighted by Gasteiger charge is 2.19.